The van der Waals surface area contributed by atoms with Gasteiger partial charge in [0.2, 0.25) is 5.60 Å². The highest BCUT2D eigenvalue weighted by molar-refractivity contribution is 7.94. The zero-order chi connectivity index (χ0) is 21.7. The lowest BCUT2D eigenvalue weighted by Gasteiger charge is -2.31. The Morgan fingerprint density at radius 1 is 1.16 bits per heavy atom. The van der Waals surface area contributed by atoms with Crippen LogP contribution in [0, 0.1) is 0 Å². The average molecular weight is 444 g/mol. The molecule has 1 N–H and O–H groups in total. The Labute approximate surface area is 187 Å². The van der Waals surface area contributed by atoms with Crippen molar-refractivity contribution in [1.82, 2.24) is 0 Å². The van der Waals surface area contributed by atoms with Crippen molar-refractivity contribution >= 4 is 23.7 Å². The third-order valence-corrected chi connectivity index (χ3v) is 6.36. The molecule has 0 radical (unpaired) electrons. The molecule has 0 saturated heterocycles. The molecule has 166 valence electrons. The summed E-state index contributed by atoms with van der Waals surface area (Å²) in [5.74, 6) is 1.46. The quantitative estimate of drug-likeness (QED) is 0.550. The fraction of sp³-hybridized carbons (Fsp3) is 0.458. The predicted molar refractivity (Wildman–Crippen MR) is 123 cm³/mol. The number of hydrogen-bond donors (Lipinski definition) is 1. The molecule has 0 unspecified atom stereocenters. The number of anilines is 1. The molecule has 0 atom stereocenters. The molecular weight excluding hydrogens is 414 g/mol. The fourth-order valence-electron chi connectivity index (χ4n) is 4.37. The molecule has 0 bridgehead atoms. The molecule has 4 rings (SSSR count). The van der Waals surface area contributed by atoms with E-state index in [4.69, 9.17) is 13.7 Å². The molecule has 2 aromatic rings. The highest BCUT2D eigenvalue weighted by Gasteiger charge is 2.43. The number of carboxylic acid groups (broad SMARTS) is 1. The Morgan fingerprint density at radius 3 is 2.61 bits per heavy atom. The van der Waals surface area contributed by atoms with E-state index in [-0.39, 0.29) is 0 Å². The summed E-state index contributed by atoms with van der Waals surface area (Å²) in [6.07, 6.45) is 6.82. The zero-order valence-electron chi connectivity index (χ0n) is 17.8. The van der Waals surface area contributed by atoms with E-state index in [1.54, 1.807) is 0 Å². The van der Waals surface area contributed by atoms with Crippen LogP contribution in [0.2, 0.25) is 0 Å². The summed E-state index contributed by atoms with van der Waals surface area (Å²) in [6, 6.07) is 13.9. The lowest BCUT2D eigenvalue weighted by atomic mass is 10.0. The van der Waals surface area contributed by atoms with Gasteiger partial charge in [0.15, 0.2) is 0 Å². The van der Waals surface area contributed by atoms with Crippen molar-refractivity contribution < 1.29 is 23.6 Å². The van der Waals surface area contributed by atoms with E-state index in [1.165, 1.54) is 17.6 Å². The zero-order valence-corrected chi connectivity index (χ0v) is 18.7. The van der Waals surface area contributed by atoms with Crippen LogP contribution in [0.4, 0.5) is 5.69 Å². The minimum absolute atomic E-state index is 0.579. The maximum Gasteiger partial charge on any atom is 0.348 e. The first-order valence-electron chi connectivity index (χ1n) is 10.8. The Hall–Kier alpha value is -2.54. The van der Waals surface area contributed by atoms with Crippen LogP contribution in [0.1, 0.15) is 37.7 Å². The Kier molecular flexibility index (Phi) is 6.80. The summed E-state index contributed by atoms with van der Waals surface area (Å²) >= 11 is 1.32. The summed E-state index contributed by atoms with van der Waals surface area (Å²) in [5.41, 5.74) is 1.28. The lowest BCUT2D eigenvalue weighted by Crippen LogP contribution is -2.41. The van der Waals surface area contributed by atoms with Crippen molar-refractivity contribution in [2.75, 3.05) is 30.9 Å². The van der Waals surface area contributed by atoms with Gasteiger partial charge in [-0.25, -0.2) is 4.79 Å². The number of benzene rings is 2. The van der Waals surface area contributed by atoms with E-state index in [1.807, 2.05) is 42.7 Å². The highest BCUT2D eigenvalue weighted by Crippen LogP contribution is 2.36. The van der Waals surface area contributed by atoms with E-state index in [2.05, 4.69) is 11.0 Å². The molecule has 6 nitrogen and oxygen atoms in total. The number of fused-ring (bicyclic) bond motifs is 1. The molecule has 2 aliphatic rings. The van der Waals surface area contributed by atoms with Crippen LogP contribution in [0.5, 0.6) is 17.2 Å². The number of ether oxygens (including phenoxy) is 2. The summed E-state index contributed by atoms with van der Waals surface area (Å²) in [4.78, 5) is 14.0. The molecule has 1 heterocycles. The van der Waals surface area contributed by atoms with Crippen LogP contribution >= 0.6 is 12.0 Å². The van der Waals surface area contributed by atoms with Gasteiger partial charge in [-0.1, -0.05) is 12.1 Å². The third-order valence-electron chi connectivity index (χ3n) is 6.00. The van der Waals surface area contributed by atoms with Gasteiger partial charge in [0.05, 0.1) is 24.3 Å². The average Bonchev–Trinajstić information content (AvgIpc) is 3.25. The maximum absolute atomic E-state index is 11.7. The second kappa shape index (κ2) is 9.73. The molecule has 1 aliphatic heterocycles. The molecule has 31 heavy (non-hydrogen) atoms. The van der Waals surface area contributed by atoms with Crippen molar-refractivity contribution in [3.63, 3.8) is 0 Å². The Morgan fingerprint density at radius 2 is 1.90 bits per heavy atom. The number of rotatable bonds is 9. The van der Waals surface area contributed by atoms with Gasteiger partial charge in [0.1, 0.15) is 23.9 Å². The summed E-state index contributed by atoms with van der Waals surface area (Å²) in [6.45, 7) is 2.49. The lowest BCUT2D eigenvalue weighted by molar-refractivity contribution is -0.154. The standard InChI is InChI=1S/C24H29NO5S/c1-31-30-20-10-11-21-22(17-20)28-16-15-25(21)14-4-5-18-6-8-19(9-7-18)29-24(23(26)27)12-2-3-13-24/h6-11,17H,2-5,12-16H2,1H3,(H,26,27). The first-order valence-corrected chi connectivity index (χ1v) is 12.0. The van der Waals surface area contributed by atoms with Gasteiger partial charge in [-0.05, 0) is 68.4 Å². The van der Waals surface area contributed by atoms with Crippen LogP contribution < -0.4 is 18.6 Å². The van der Waals surface area contributed by atoms with E-state index >= 15 is 0 Å². The van der Waals surface area contributed by atoms with Crippen molar-refractivity contribution in [3.8, 4) is 17.2 Å². The Bertz CT molecular complexity index is 895. The van der Waals surface area contributed by atoms with Crippen molar-refractivity contribution in [2.45, 2.75) is 44.1 Å². The topological polar surface area (TPSA) is 68.2 Å². The molecule has 1 aliphatic carbocycles. The van der Waals surface area contributed by atoms with Crippen LogP contribution in [0.25, 0.3) is 0 Å². The van der Waals surface area contributed by atoms with E-state index in [0.717, 1.165) is 56.0 Å². The summed E-state index contributed by atoms with van der Waals surface area (Å²) in [5, 5.41) is 9.58. The third kappa shape index (κ3) is 5.03. The van der Waals surface area contributed by atoms with Crippen molar-refractivity contribution in [3.05, 3.63) is 48.0 Å². The molecule has 0 aromatic heterocycles. The van der Waals surface area contributed by atoms with E-state index in [0.29, 0.717) is 25.2 Å². The van der Waals surface area contributed by atoms with Gasteiger partial charge < -0.3 is 23.7 Å². The van der Waals surface area contributed by atoms with Crippen LogP contribution in [-0.4, -0.2) is 42.6 Å². The fourth-order valence-corrected chi connectivity index (χ4v) is 4.66. The molecule has 0 spiro atoms. The Balaban J connectivity index is 1.31. The van der Waals surface area contributed by atoms with Gasteiger partial charge in [-0.3, -0.25) is 0 Å². The smallest absolute Gasteiger partial charge is 0.348 e. The molecule has 1 fully saturated rings. The molecule has 2 aromatic carbocycles. The number of carbonyl (C=O) groups is 1. The maximum atomic E-state index is 11.7. The minimum atomic E-state index is -1.05. The largest absolute Gasteiger partial charge is 0.489 e. The molecule has 1 saturated carbocycles. The summed E-state index contributed by atoms with van der Waals surface area (Å²) in [7, 11) is 0. The number of aryl methyl sites for hydroxylation is 1. The van der Waals surface area contributed by atoms with Gasteiger partial charge in [-0.2, -0.15) is 0 Å². The molecule has 7 heteroatoms. The first kappa shape index (κ1) is 21.7. The summed E-state index contributed by atoms with van der Waals surface area (Å²) < 4.78 is 17.2. The normalized spacial score (nSPS) is 17.0. The number of aliphatic carboxylic acids is 1. The first-order chi connectivity index (χ1) is 15.1. The van der Waals surface area contributed by atoms with E-state index in [9.17, 15) is 9.90 Å². The van der Waals surface area contributed by atoms with Gasteiger partial charge in [0.25, 0.3) is 0 Å². The highest BCUT2D eigenvalue weighted by atomic mass is 32.2. The number of carboxylic acids is 1. The van der Waals surface area contributed by atoms with E-state index < -0.39 is 11.6 Å². The second-order valence-corrected chi connectivity index (χ2v) is 8.57. The van der Waals surface area contributed by atoms with Crippen molar-refractivity contribution in [1.29, 1.82) is 0 Å². The minimum Gasteiger partial charge on any atom is -0.489 e. The number of hydrogen-bond acceptors (Lipinski definition) is 6. The molecule has 0 amide bonds. The van der Waals surface area contributed by atoms with Crippen molar-refractivity contribution in [2.24, 2.45) is 0 Å². The van der Waals surface area contributed by atoms with Crippen LogP contribution in [-0.2, 0) is 11.2 Å². The second-order valence-electron chi connectivity index (χ2n) is 8.07. The monoisotopic (exact) mass is 443 g/mol. The van der Waals surface area contributed by atoms with Gasteiger partial charge >= 0.3 is 5.97 Å². The van der Waals surface area contributed by atoms with Gasteiger partial charge in [-0.15, -0.1) is 0 Å². The predicted octanol–water partition coefficient (Wildman–Crippen LogP) is 4.95. The molecular formula is C24H29NO5S. The van der Waals surface area contributed by atoms with Gasteiger partial charge in [0, 0.05) is 18.9 Å². The SMILES string of the molecule is CSOc1ccc2c(c1)OCCN2CCCc1ccc(OC2(C(=O)O)CCCC2)cc1. The number of nitrogens with zero attached hydrogens (tertiary/aromatic N) is 1. The van der Waals surface area contributed by atoms with Crippen LogP contribution in [0.3, 0.4) is 0 Å². The van der Waals surface area contributed by atoms with Crippen LogP contribution in [0.15, 0.2) is 42.5 Å².